The lowest BCUT2D eigenvalue weighted by Crippen LogP contribution is -2.17. The molecule has 0 aliphatic carbocycles. The molecular formula is C16H20O3. The molecule has 0 unspecified atom stereocenters. The van der Waals surface area contributed by atoms with E-state index in [0.29, 0.717) is 0 Å². The molecule has 0 aromatic heterocycles. The third kappa shape index (κ3) is 6.55. The van der Waals surface area contributed by atoms with Crippen LogP contribution in [0.15, 0.2) is 43.0 Å². The highest BCUT2D eigenvalue weighted by molar-refractivity contribution is 6.33. The van der Waals surface area contributed by atoms with Gasteiger partial charge in [-0.05, 0) is 24.8 Å². The summed E-state index contributed by atoms with van der Waals surface area (Å²) >= 11 is 0. The third-order valence-electron chi connectivity index (χ3n) is 2.75. The molecule has 0 aliphatic heterocycles. The highest BCUT2D eigenvalue weighted by Crippen LogP contribution is 2.06. The highest BCUT2D eigenvalue weighted by Gasteiger charge is 2.14. The summed E-state index contributed by atoms with van der Waals surface area (Å²) in [6, 6.07) is 9.33. The highest BCUT2D eigenvalue weighted by atomic mass is 16.5. The van der Waals surface area contributed by atoms with Crippen LogP contribution in [0.4, 0.5) is 0 Å². The number of rotatable bonds is 9. The molecule has 0 fully saturated rings. The van der Waals surface area contributed by atoms with Gasteiger partial charge in [0.25, 0.3) is 0 Å². The van der Waals surface area contributed by atoms with Crippen molar-refractivity contribution in [3.05, 3.63) is 48.6 Å². The van der Waals surface area contributed by atoms with E-state index in [1.165, 1.54) is 0 Å². The molecule has 0 saturated carbocycles. The largest absolute Gasteiger partial charge is 0.455 e. The Morgan fingerprint density at radius 2 is 1.84 bits per heavy atom. The third-order valence-corrected chi connectivity index (χ3v) is 2.75. The van der Waals surface area contributed by atoms with E-state index >= 15 is 0 Å². The Labute approximate surface area is 114 Å². The molecule has 1 aromatic rings. The first-order valence-electron chi connectivity index (χ1n) is 6.59. The van der Waals surface area contributed by atoms with E-state index in [0.717, 1.165) is 31.2 Å². The lowest BCUT2D eigenvalue weighted by atomic mass is 10.1. The first kappa shape index (κ1) is 15.2. The van der Waals surface area contributed by atoms with Crippen molar-refractivity contribution >= 4 is 11.8 Å². The fraction of sp³-hybridized carbons (Fsp3) is 0.375. The number of unbranched alkanes of at least 4 members (excludes halogenated alkanes) is 3. The second kappa shape index (κ2) is 9.09. The molecule has 0 bridgehead atoms. The Morgan fingerprint density at radius 1 is 1.11 bits per heavy atom. The van der Waals surface area contributed by atoms with Gasteiger partial charge >= 0.3 is 5.97 Å². The molecule has 0 radical (unpaired) electrons. The second-order valence-electron chi connectivity index (χ2n) is 4.37. The van der Waals surface area contributed by atoms with Crippen molar-refractivity contribution in [3.63, 3.8) is 0 Å². The number of carbonyl (C=O) groups excluding carboxylic acids is 2. The quantitative estimate of drug-likeness (QED) is 0.296. The van der Waals surface area contributed by atoms with Gasteiger partial charge in [-0.25, -0.2) is 4.79 Å². The zero-order chi connectivity index (χ0) is 13.9. The van der Waals surface area contributed by atoms with Crippen LogP contribution in [0.5, 0.6) is 0 Å². The normalized spacial score (nSPS) is 9.89. The summed E-state index contributed by atoms with van der Waals surface area (Å²) in [7, 11) is 0. The summed E-state index contributed by atoms with van der Waals surface area (Å²) in [6.45, 7) is 3.79. The molecule has 0 spiro atoms. The molecule has 3 nitrogen and oxygen atoms in total. The van der Waals surface area contributed by atoms with Crippen LogP contribution in [0.3, 0.4) is 0 Å². The van der Waals surface area contributed by atoms with Gasteiger partial charge in [0, 0.05) is 6.42 Å². The van der Waals surface area contributed by atoms with Crippen molar-refractivity contribution in [2.45, 2.75) is 38.7 Å². The van der Waals surface area contributed by atoms with E-state index in [4.69, 9.17) is 4.74 Å². The van der Waals surface area contributed by atoms with Crippen LogP contribution < -0.4 is 0 Å². The van der Waals surface area contributed by atoms with Crippen molar-refractivity contribution in [1.29, 1.82) is 0 Å². The summed E-state index contributed by atoms with van der Waals surface area (Å²) < 4.78 is 4.96. The summed E-state index contributed by atoms with van der Waals surface area (Å²) in [5, 5.41) is 0. The number of ether oxygens (including phenoxy) is 1. The van der Waals surface area contributed by atoms with E-state index in [1.807, 2.05) is 36.4 Å². The lowest BCUT2D eigenvalue weighted by Gasteiger charge is -2.04. The summed E-state index contributed by atoms with van der Waals surface area (Å²) in [5.41, 5.74) is 0.884. The Kier molecular flexibility index (Phi) is 7.25. The number of Topliss-reactive ketones (excluding diaryl/α,β-unsaturated/α-hetero) is 1. The van der Waals surface area contributed by atoms with Gasteiger partial charge in [0.2, 0.25) is 5.78 Å². The lowest BCUT2D eigenvalue weighted by molar-refractivity contribution is -0.154. The number of allylic oxidation sites excluding steroid dienone is 1. The second-order valence-corrected chi connectivity index (χ2v) is 4.37. The summed E-state index contributed by atoms with van der Waals surface area (Å²) in [6.07, 6.45) is 5.75. The van der Waals surface area contributed by atoms with Gasteiger partial charge in [-0.3, -0.25) is 4.79 Å². The fourth-order valence-corrected chi connectivity index (χ4v) is 1.66. The van der Waals surface area contributed by atoms with Crippen LogP contribution in [-0.4, -0.2) is 11.8 Å². The number of ketones is 1. The van der Waals surface area contributed by atoms with E-state index < -0.39 is 11.8 Å². The number of hydrogen-bond donors (Lipinski definition) is 0. The van der Waals surface area contributed by atoms with E-state index in [-0.39, 0.29) is 13.0 Å². The van der Waals surface area contributed by atoms with E-state index in [1.54, 1.807) is 0 Å². The van der Waals surface area contributed by atoms with Gasteiger partial charge < -0.3 is 4.74 Å². The van der Waals surface area contributed by atoms with Crippen molar-refractivity contribution < 1.29 is 14.3 Å². The molecule has 1 rings (SSSR count). The minimum Gasteiger partial charge on any atom is -0.455 e. The van der Waals surface area contributed by atoms with Crippen LogP contribution in [0.2, 0.25) is 0 Å². The minimum absolute atomic E-state index is 0.155. The first-order valence-corrected chi connectivity index (χ1v) is 6.59. The Hall–Kier alpha value is -1.90. The molecule has 0 N–H and O–H groups in total. The molecule has 0 heterocycles. The topological polar surface area (TPSA) is 43.4 Å². The van der Waals surface area contributed by atoms with Gasteiger partial charge in [-0.2, -0.15) is 0 Å². The predicted molar refractivity (Wildman–Crippen MR) is 74.5 cm³/mol. The molecule has 102 valence electrons. The maximum Gasteiger partial charge on any atom is 0.374 e. The standard InChI is InChI=1S/C16H20O3/c1-2-3-4-5-9-12-15(17)16(18)19-13-14-10-7-6-8-11-14/h2,6-8,10-11H,1,3-5,9,12-13H2. The van der Waals surface area contributed by atoms with Crippen molar-refractivity contribution in [2.24, 2.45) is 0 Å². The SMILES string of the molecule is C=CCCCCCC(=O)C(=O)OCc1ccccc1. The van der Waals surface area contributed by atoms with Gasteiger partial charge in [0.15, 0.2) is 0 Å². The molecule has 0 amide bonds. The van der Waals surface area contributed by atoms with E-state index in [9.17, 15) is 9.59 Å². The van der Waals surface area contributed by atoms with Gasteiger partial charge in [0.1, 0.15) is 6.61 Å². The molecule has 0 aliphatic rings. The molecule has 0 saturated heterocycles. The van der Waals surface area contributed by atoms with Crippen LogP contribution >= 0.6 is 0 Å². The molecule has 1 aromatic carbocycles. The molecular weight excluding hydrogens is 240 g/mol. The minimum atomic E-state index is -0.729. The Bertz CT molecular complexity index is 409. The summed E-state index contributed by atoms with van der Waals surface area (Å²) in [4.78, 5) is 23.0. The van der Waals surface area contributed by atoms with Gasteiger partial charge in [-0.1, -0.05) is 42.8 Å². The Balaban J connectivity index is 2.18. The number of esters is 1. The molecule has 3 heteroatoms. The van der Waals surface area contributed by atoms with Crippen molar-refractivity contribution in [1.82, 2.24) is 0 Å². The fourth-order valence-electron chi connectivity index (χ4n) is 1.66. The maximum atomic E-state index is 11.5. The van der Waals surface area contributed by atoms with Gasteiger partial charge in [-0.15, -0.1) is 6.58 Å². The van der Waals surface area contributed by atoms with Crippen LogP contribution in [-0.2, 0) is 20.9 Å². The van der Waals surface area contributed by atoms with Crippen LogP contribution in [0.1, 0.15) is 37.7 Å². The van der Waals surface area contributed by atoms with Gasteiger partial charge in [0.05, 0.1) is 0 Å². The van der Waals surface area contributed by atoms with Crippen LogP contribution in [0, 0.1) is 0 Å². The Morgan fingerprint density at radius 3 is 2.53 bits per heavy atom. The molecule has 19 heavy (non-hydrogen) atoms. The zero-order valence-corrected chi connectivity index (χ0v) is 11.1. The maximum absolute atomic E-state index is 11.5. The molecule has 0 atom stereocenters. The first-order chi connectivity index (χ1) is 9.24. The zero-order valence-electron chi connectivity index (χ0n) is 11.1. The monoisotopic (exact) mass is 260 g/mol. The predicted octanol–water partition coefficient (Wildman–Crippen LogP) is 3.44. The number of hydrogen-bond acceptors (Lipinski definition) is 3. The average Bonchev–Trinajstić information content (AvgIpc) is 2.45. The van der Waals surface area contributed by atoms with Crippen molar-refractivity contribution in [3.8, 4) is 0 Å². The van der Waals surface area contributed by atoms with E-state index in [2.05, 4.69) is 6.58 Å². The average molecular weight is 260 g/mol. The van der Waals surface area contributed by atoms with Crippen molar-refractivity contribution in [2.75, 3.05) is 0 Å². The number of benzene rings is 1. The van der Waals surface area contributed by atoms with Crippen LogP contribution in [0.25, 0.3) is 0 Å². The summed E-state index contributed by atoms with van der Waals surface area (Å²) in [5.74, 6) is -1.16. The number of carbonyl (C=O) groups is 2. The smallest absolute Gasteiger partial charge is 0.374 e.